The van der Waals surface area contributed by atoms with Gasteiger partial charge in [0.2, 0.25) is 0 Å². The van der Waals surface area contributed by atoms with E-state index >= 15 is 0 Å². The minimum absolute atomic E-state index is 0.0290. The minimum atomic E-state index is -0.981. The summed E-state index contributed by atoms with van der Waals surface area (Å²) in [5.74, 6) is -0.981. The van der Waals surface area contributed by atoms with E-state index in [-0.39, 0.29) is 13.2 Å². The molecule has 3 N–H and O–H groups in total. The maximum Gasteiger partial charge on any atom is 0.327 e. The number of aliphatic carboxylic acids is 1. The molecule has 0 heterocycles. The van der Waals surface area contributed by atoms with E-state index in [1.165, 1.54) is 0 Å². The first-order valence-electron chi connectivity index (χ1n) is 8.73. The first-order valence-corrected chi connectivity index (χ1v) is 8.73. The van der Waals surface area contributed by atoms with Crippen molar-refractivity contribution < 1.29 is 48.5 Å². The molecular formula is C17H34O10. The summed E-state index contributed by atoms with van der Waals surface area (Å²) in [4.78, 5) is 9.25. The lowest BCUT2D eigenvalue weighted by Gasteiger charge is -2.11. The van der Waals surface area contributed by atoms with Crippen molar-refractivity contribution in [3.63, 3.8) is 0 Å². The van der Waals surface area contributed by atoms with Crippen LogP contribution in [0, 0.1) is 0 Å². The van der Waals surface area contributed by atoms with Crippen molar-refractivity contribution >= 4 is 5.97 Å². The van der Waals surface area contributed by atoms with Gasteiger partial charge in [-0.2, -0.15) is 0 Å². The van der Waals surface area contributed by atoms with Gasteiger partial charge in [0.15, 0.2) is 6.29 Å². The number of hydrogen-bond acceptors (Lipinski definition) is 9. The van der Waals surface area contributed by atoms with Crippen molar-refractivity contribution in [3.05, 3.63) is 12.7 Å². The molecule has 0 aliphatic heterocycles. The van der Waals surface area contributed by atoms with Crippen LogP contribution in [0.15, 0.2) is 12.7 Å². The third-order valence-electron chi connectivity index (χ3n) is 2.52. The van der Waals surface area contributed by atoms with Gasteiger partial charge in [0, 0.05) is 12.7 Å². The molecule has 0 saturated heterocycles. The molecule has 0 spiro atoms. The van der Waals surface area contributed by atoms with E-state index in [9.17, 15) is 9.90 Å². The Morgan fingerprint density at radius 2 is 1.26 bits per heavy atom. The molecule has 0 rings (SSSR count). The van der Waals surface area contributed by atoms with Crippen LogP contribution in [0.1, 0.15) is 6.92 Å². The first kappa shape index (κ1) is 28.1. The number of ether oxygens (including phenoxy) is 6. The van der Waals surface area contributed by atoms with Crippen molar-refractivity contribution in [2.24, 2.45) is 0 Å². The zero-order chi connectivity index (χ0) is 20.6. The van der Waals surface area contributed by atoms with Crippen LogP contribution in [0.25, 0.3) is 0 Å². The van der Waals surface area contributed by atoms with Gasteiger partial charge in [-0.3, -0.25) is 0 Å². The standard InChI is InChI=1S/C14H30O8.C3H4O2/c1-2-22-14(16)13-21-12-11-20-10-9-19-8-7-18-6-5-17-4-3-15;1-2-3(4)5/h14-16H,2-13H2,1H3;2H,1H2,(H,4,5). The number of aliphatic hydroxyl groups is 2. The van der Waals surface area contributed by atoms with Crippen molar-refractivity contribution in [1.82, 2.24) is 0 Å². The fraction of sp³-hybridized carbons (Fsp3) is 0.824. The Labute approximate surface area is 160 Å². The van der Waals surface area contributed by atoms with Gasteiger partial charge in [-0.15, -0.1) is 0 Å². The van der Waals surface area contributed by atoms with E-state index in [1.54, 1.807) is 0 Å². The van der Waals surface area contributed by atoms with Gasteiger partial charge in [0.25, 0.3) is 0 Å². The van der Waals surface area contributed by atoms with Crippen LogP contribution in [0.5, 0.6) is 0 Å². The number of carbonyl (C=O) groups is 1. The van der Waals surface area contributed by atoms with Crippen LogP contribution in [0.2, 0.25) is 0 Å². The summed E-state index contributed by atoms with van der Waals surface area (Å²) >= 11 is 0. The van der Waals surface area contributed by atoms with Crippen LogP contribution >= 0.6 is 0 Å². The molecule has 1 atom stereocenters. The fourth-order valence-electron chi connectivity index (χ4n) is 1.37. The Kier molecular flexibility index (Phi) is 25.9. The second kappa shape index (κ2) is 24.9. The number of carboxylic acid groups (broad SMARTS) is 1. The maximum absolute atomic E-state index is 9.25. The van der Waals surface area contributed by atoms with Crippen LogP contribution in [0.3, 0.4) is 0 Å². The minimum Gasteiger partial charge on any atom is -0.478 e. The molecule has 0 bridgehead atoms. The molecule has 0 aromatic heterocycles. The number of aliphatic hydroxyl groups excluding tert-OH is 2. The van der Waals surface area contributed by atoms with E-state index in [1.807, 2.05) is 6.92 Å². The van der Waals surface area contributed by atoms with Gasteiger partial charge in [0.05, 0.1) is 72.7 Å². The molecule has 0 aliphatic rings. The van der Waals surface area contributed by atoms with Crippen molar-refractivity contribution in [3.8, 4) is 0 Å². The molecule has 0 aromatic rings. The van der Waals surface area contributed by atoms with E-state index < -0.39 is 12.3 Å². The van der Waals surface area contributed by atoms with Gasteiger partial charge in [-0.05, 0) is 6.92 Å². The smallest absolute Gasteiger partial charge is 0.327 e. The Hall–Kier alpha value is -1.11. The third-order valence-corrected chi connectivity index (χ3v) is 2.52. The normalized spacial score (nSPS) is 11.5. The average Bonchev–Trinajstić information content (AvgIpc) is 2.65. The summed E-state index contributed by atoms with van der Waals surface area (Å²) in [6.07, 6.45) is -0.0395. The summed E-state index contributed by atoms with van der Waals surface area (Å²) in [5, 5.41) is 25.3. The highest BCUT2D eigenvalue weighted by atomic mass is 16.6. The zero-order valence-corrected chi connectivity index (χ0v) is 16.0. The summed E-state index contributed by atoms with van der Waals surface area (Å²) in [7, 11) is 0. The summed E-state index contributed by atoms with van der Waals surface area (Å²) < 4.78 is 30.9. The molecule has 1 unspecified atom stereocenters. The van der Waals surface area contributed by atoms with Crippen molar-refractivity contribution in [2.75, 3.05) is 79.3 Å². The van der Waals surface area contributed by atoms with E-state index in [0.29, 0.717) is 66.1 Å². The third kappa shape index (κ3) is 29.9. The lowest BCUT2D eigenvalue weighted by Crippen LogP contribution is -2.20. The molecule has 10 nitrogen and oxygen atoms in total. The van der Waals surface area contributed by atoms with E-state index in [0.717, 1.165) is 6.08 Å². The number of rotatable bonds is 19. The van der Waals surface area contributed by atoms with Gasteiger partial charge in [0.1, 0.15) is 0 Å². The first-order chi connectivity index (χ1) is 13.1. The van der Waals surface area contributed by atoms with E-state index in [4.69, 9.17) is 38.6 Å². The van der Waals surface area contributed by atoms with Crippen molar-refractivity contribution in [1.29, 1.82) is 0 Å². The Bertz CT molecular complexity index is 314. The average molecular weight is 398 g/mol. The Morgan fingerprint density at radius 1 is 0.889 bits per heavy atom. The molecular weight excluding hydrogens is 364 g/mol. The zero-order valence-electron chi connectivity index (χ0n) is 16.0. The highest BCUT2D eigenvalue weighted by Crippen LogP contribution is 1.89. The molecule has 0 saturated carbocycles. The van der Waals surface area contributed by atoms with Crippen LogP contribution in [-0.4, -0.2) is 107 Å². The molecule has 0 aromatic carbocycles. The molecule has 0 aliphatic carbocycles. The van der Waals surface area contributed by atoms with Gasteiger partial charge < -0.3 is 43.7 Å². The largest absolute Gasteiger partial charge is 0.478 e. The van der Waals surface area contributed by atoms with Gasteiger partial charge in [-0.25, -0.2) is 4.79 Å². The van der Waals surface area contributed by atoms with Gasteiger partial charge in [-0.1, -0.05) is 6.58 Å². The van der Waals surface area contributed by atoms with Crippen molar-refractivity contribution in [2.45, 2.75) is 13.2 Å². The summed E-state index contributed by atoms with van der Waals surface area (Å²) in [6, 6.07) is 0. The molecule has 0 radical (unpaired) electrons. The molecule has 10 heteroatoms. The second-order valence-electron chi connectivity index (χ2n) is 4.70. The number of carboxylic acids is 1. The van der Waals surface area contributed by atoms with Gasteiger partial charge >= 0.3 is 5.97 Å². The second-order valence-corrected chi connectivity index (χ2v) is 4.70. The van der Waals surface area contributed by atoms with Crippen LogP contribution < -0.4 is 0 Å². The molecule has 0 amide bonds. The Balaban J connectivity index is 0. The monoisotopic (exact) mass is 398 g/mol. The topological polar surface area (TPSA) is 133 Å². The highest BCUT2D eigenvalue weighted by Gasteiger charge is 2.01. The van der Waals surface area contributed by atoms with Crippen LogP contribution in [-0.2, 0) is 33.2 Å². The highest BCUT2D eigenvalue weighted by molar-refractivity contribution is 5.78. The Morgan fingerprint density at radius 3 is 1.59 bits per heavy atom. The summed E-state index contributed by atoms with van der Waals surface area (Å²) in [5.41, 5.74) is 0. The van der Waals surface area contributed by atoms with Crippen LogP contribution in [0.4, 0.5) is 0 Å². The predicted molar refractivity (Wildman–Crippen MR) is 96.6 cm³/mol. The molecule has 0 fully saturated rings. The number of hydrogen-bond donors (Lipinski definition) is 3. The van der Waals surface area contributed by atoms with E-state index in [2.05, 4.69) is 6.58 Å². The molecule has 27 heavy (non-hydrogen) atoms. The fourth-order valence-corrected chi connectivity index (χ4v) is 1.37. The lowest BCUT2D eigenvalue weighted by atomic mass is 10.6. The quantitative estimate of drug-likeness (QED) is 0.151. The molecule has 162 valence electrons. The predicted octanol–water partition coefficient (Wildman–Crippen LogP) is -0.326. The summed E-state index contributed by atoms with van der Waals surface area (Å²) in [6.45, 7) is 9.53. The lowest BCUT2D eigenvalue weighted by molar-refractivity contribution is -0.138. The SMILES string of the molecule is C=CC(=O)O.CCOC(O)COCCOCCOCCOCCOCCO. The maximum atomic E-state index is 9.25.